The number of nitrogens with zero attached hydrogens (tertiary/aromatic N) is 2. The fraction of sp³-hybridized carbons (Fsp3) is 0.333. The van der Waals surface area contributed by atoms with E-state index in [0.29, 0.717) is 16.3 Å². The van der Waals surface area contributed by atoms with E-state index in [1.165, 1.54) is 4.90 Å². The third-order valence-electron chi connectivity index (χ3n) is 2.59. The van der Waals surface area contributed by atoms with E-state index in [1.54, 1.807) is 32.2 Å². The van der Waals surface area contributed by atoms with Crippen molar-refractivity contribution < 1.29 is 4.79 Å². The number of rotatable bonds is 3. The maximum Gasteiger partial charge on any atom is 0.255 e. The van der Waals surface area contributed by atoms with Gasteiger partial charge in [-0.2, -0.15) is 5.26 Å². The molecular weight excluding hydrogens is 238 g/mol. The van der Waals surface area contributed by atoms with Crippen molar-refractivity contribution in [1.82, 2.24) is 4.90 Å². The van der Waals surface area contributed by atoms with Gasteiger partial charge in [-0.1, -0.05) is 11.6 Å². The molecule has 1 aromatic carbocycles. The Bertz CT molecular complexity index is 467. The number of nitrogens with two attached hydrogens (primary N) is 1. The van der Waals surface area contributed by atoms with Gasteiger partial charge in [-0.05, 0) is 25.1 Å². The average Bonchev–Trinajstić information content (AvgIpc) is 2.30. The minimum absolute atomic E-state index is 0.162. The van der Waals surface area contributed by atoms with Crippen LogP contribution in [-0.2, 0) is 0 Å². The van der Waals surface area contributed by atoms with Crippen LogP contribution in [0.3, 0.4) is 0 Å². The van der Waals surface area contributed by atoms with Gasteiger partial charge in [0, 0.05) is 18.8 Å². The van der Waals surface area contributed by atoms with Crippen LogP contribution in [0, 0.1) is 11.3 Å². The maximum atomic E-state index is 12.1. The molecule has 0 radical (unpaired) electrons. The van der Waals surface area contributed by atoms with Crippen molar-refractivity contribution in [3.05, 3.63) is 28.8 Å². The van der Waals surface area contributed by atoms with Crippen molar-refractivity contribution in [2.75, 3.05) is 12.8 Å². The summed E-state index contributed by atoms with van der Waals surface area (Å²) in [6.45, 7) is 1.81. The van der Waals surface area contributed by atoms with Gasteiger partial charge in [0.25, 0.3) is 5.91 Å². The van der Waals surface area contributed by atoms with Gasteiger partial charge in [-0.25, -0.2) is 0 Å². The SMILES string of the molecule is CC(CC#N)N(C)C(=O)c1cc(N)ccc1Cl. The molecule has 2 N–H and O–H groups in total. The second-order valence-corrected chi connectivity index (χ2v) is 4.27. The lowest BCUT2D eigenvalue weighted by molar-refractivity contribution is 0.0746. The van der Waals surface area contributed by atoms with Gasteiger partial charge in [0.2, 0.25) is 0 Å². The molecule has 5 heteroatoms. The Hall–Kier alpha value is -1.73. The summed E-state index contributed by atoms with van der Waals surface area (Å²) in [5, 5.41) is 8.96. The number of hydrogen-bond acceptors (Lipinski definition) is 3. The number of halogens is 1. The summed E-state index contributed by atoms with van der Waals surface area (Å²) in [6, 6.07) is 6.64. The molecule has 90 valence electrons. The van der Waals surface area contributed by atoms with Crippen LogP contribution in [0.15, 0.2) is 18.2 Å². The highest BCUT2D eigenvalue weighted by atomic mass is 35.5. The molecule has 4 nitrogen and oxygen atoms in total. The lowest BCUT2D eigenvalue weighted by atomic mass is 10.1. The van der Waals surface area contributed by atoms with Gasteiger partial charge in [0.1, 0.15) is 0 Å². The normalized spacial score (nSPS) is 11.6. The van der Waals surface area contributed by atoms with Crippen LogP contribution in [0.2, 0.25) is 5.02 Å². The topological polar surface area (TPSA) is 70.1 Å². The molecule has 0 aliphatic carbocycles. The average molecular weight is 252 g/mol. The van der Waals surface area contributed by atoms with E-state index >= 15 is 0 Å². The summed E-state index contributed by atoms with van der Waals surface area (Å²) in [4.78, 5) is 13.6. The van der Waals surface area contributed by atoms with Gasteiger partial charge in [0.15, 0.2) is 0 Å². The van der Waals surface area contributed by atoms with Crippen molar-refractivity contribution in [2.45, 2.75) is 19.4 Å². The molecule has 0 aliphatic heterocycles. The molecule has 17 heavy (non-hydrogen) atoms. The van der Waals surface area contributed by atoms with Crippen LogP contribution in [-0.4, -0.2) is 23.9 Å². The van der Waals surface area contributed by atoms with Gasteiger partial charge >= 0.3 is 0 Å². The summed E-state index contributed by atoms with van der Waals surface area (Å²) >= 11 is 5.95. The number of hydrogen-bond donors (Lipinski definition) is 1. The van der Waals surface area contributed by atoms with Crippen LogP contribution in [0.5, 0.6) is 0 Å². The molecule has 1 aromatic rings. The molecule has 0 aliphatic rings. The van der Waals surface area contributed by atoms with Gasteiger partial charge in [-0.15, -0.1) is 0 Å². The van der Waals surface area contributed by atoms with Gasteiger partial charge in [-0.3, -0.25) is 4.79 Å². The number of anilines is 1. The van der Waals surface area contributed by atoms with E-state index in [4.69, 9.17) is 22.6 Å². The zero-order valence-electron chi connectivity index (χ0n) is 9.77. The molecule has 0 saturated carbocycles. The largest absolute Gasteiger partial charge is 0.399 e. The molecular formula is C12H14ClN3O. The number of carbonyl (C=O) groups is 1. The van der Waals surface area contributed by atoms with E-state index in [0.717, 1.165) is 0 Å². The lowest BCUT2D eigenvalue weighted by Gasteiger charge is -2.23. The van der Waals surface area contributed by atoms with Gasteiger partial charge in [0.05, 0.1) is 23.1 Å². The summed E-state index contributed by atoms with van der Waals surface area (Å²) in [6.07, 6.45) is 0.280. The van der Waals surface area contributed by atoms with Crippen LogP contribution in [0.1, 0.15) is 23.7 Å². The third-order valence-corrected chi connectivity index (χ3v) is 2.92. The van der Waals surface area contributed by atoms with Crippen LogP contribution in [0.4, 0.5) is 5.69 Å². The fourth-order valence-corrected chi connectivity index (χ4v) is 1.56. The zero-order chi connectivity index (χ0) is 13.0. The Morgan fingerprint density at radius 2 is 2.29 bits per heavy atom. The Morgan fingerprint density at radius 3 is 2.88 bits per heavy atom. The number of benzene rings is 1. The van der Waals surface area contributed by atoms with Gasteiger partial charge < -0.3 is 10.6 Å². The quantitative estimate of drug-likeness (QED) is 0.838. The molecule has 0 fully saturated rings. The molecule has 0 saturated heterocycles. The van der Waals surface area contributed by atoms with Crippen LogP contribution >= 0.6 is 11.6 Å². The van der Waals surface area contributed by atoms with Crippen molar-refractivity contribution in [3.8, 4) is 6.07 Å². The highest BCUT2D eigenvalue weighted by Crippen LogP contribution is 2.21. The highest BCUT2D eigenvalue weighted by Gasteiger charge is 2.19. The first-order valence-corrected chi connectivity index (χ1v) is 5.54. The van der Waals surface area contributed by atoms with E-state index < -0.39 is 0 Å². The molecule has 1 unspecified atom stereocenters. The standard InChI is InChI=1S/C12H14ClN3O/c1-8(5-6-14)16(2)12(17)10-7-9(15)3-4-11(10)13/h3-4,7-8H,5,15H2,1-2H3. The predicted octanol–water partition coefficient (Wildman–Crippen LogP) is 2.30. The molecule has 1 atom stereocenters. The van der Waals surface area contributed by atoms with Crippen LogP contribution in [0.25, 0.3) is 0 Å². The van der Waals surface area contributed by atoms with E-state index in [9.17, 15) is 4.79 Å². The Morgan fingerprint density at radius 1 is 1.65 bits per heavy atom. The number of nitriles is 1. The first kappa shape index (κ1) is 13.3. The molecule has 1 amide bonds. The van der Waals surface area contributed by atoms with E-state index in [2.05, 4.69) is 0 Å². The Kier molecular flexibility index (Phi) is 4.36. The first-order chi connectivity index (χ1) is 7.97. The summed E-state index contributed by atoms with van der Waals surface area (Å²) in [5.41, 5.74) is 6.46. The second-order valence-electron chi connectivity index (χ2n) is 3.87. The smallest absolute Gasteiger partial charge is 0.255 e. The van der Waals surface area contributed by atoms with Crippen molar-refractivity contribution >= 4 is 23.2 Å². The minimum atomic E-state index is -0.231. The Labute approximate surface area is 106 Å². The predicted molar refractivity (Wildman–Crippen MR) is 67.6 cm³/mol. The van der Waals surface area contributed by atoms with E-state index in [1.807, 2.05) is 6.07 Å². The Balaban J connectivity index is 2.96. The summed E-state index contributed by atoms with van der Waals surface area (Å²) < 4.78 is 0. The summed E-state index contributed by atoms with van der Waals surface area (Å²) in [5.74, 6) is -0.231. The first-order valence-electron chi connectivity index (χ1n) is 5.16. The molecule has 0 aromatic heterocycles. The fourth-order valence-electron chi connectivity index (χ4n) is 1.37. The number of carbonyl (C=O) groups excluding carboxylic acids is 1. The van der Waals surface area contributed by atoms with E-state index in [-0.39, 0.29) is 18.4 Å². The minimum Gasteiger partial charge on any atom is -0.399 e. The highest BCUT2D eigenvalue weighted by molar-refractivity contribution is 6.34. The monoisotopic (exact) mass is 251 g/mol. The maximum absolute atomic E-state index is 12.1. The van der Waals surface area contributed by atoms with Crippen molar-refractivity contribution in [3.63, 3.8) is 0 Å². The number of amides is 1. The number of nitrogen functional groups attached to an aromatic ring is 1. The summed E-state index contributed by atoms with van der Waals surface area (Å²) in [7, 11) is 1.64. The van der Waals surface area contributed by atoms with Crippen molar-refractivity contribution in [2.24, 2.45) is 0 Å². The lowest BCUT2D eigenvalue weighted by Crippen LogP contribution is -2.35. The molecule has 0 bridgehead atoms. The molecule has 0 heterocycles. The molecule has 1 rings (SSSR count). The second kappa shape index (κ2) is 5.55. The zero-order valence-corrected chi connectivity index (χ0v) is 10.5. The van der Waals surface area contributed by atoms with Crippen molar-refractivity contribution in [1.29, 1.82) is 5.26 Å². The van der Waals surface area contributed by atoms with Crippen LogP contribution < -0.4 is 5.73 Å². The third kappa shape index (κ3) is 3.11. The molecule has 0 spiro atoms.